The summed E-state index contributed by atoms with van der Waals surface area (Å²) in [5.41, 5.74) is 6.10. The maximum atomic E-state index is 6.10. The predicted octanol–water partition coefficient (Wildman–Crippen LogP) is 3.07. The van der Waals surface area contributed by atoms with Crippen molar-refractivity contribution in [1.82, 2.24) is 0 Å². The number of hydrogen-bond acceptors (Lipinski definition) is 1. The highest BCUT2D eigenvalue weighted by Crippen LogP contribution is 2.37. The number of amidine groups is 1. The average Bonchev–Trinajstić information content (AvgIpc) is 2.17. The first kappa shape index (κ1) is 12.5. The number of nitrogens with two attached hydrogens (primary N) is 1. The molecular weight excluding hydrogens is 184 g/mol. The lowest BCUT2D eigenvalue weighted by Gasteiger charge is -2.37. The van der Waals surface area contributed by atoms with Crippen molar-refractivity contribution in [2.45, 2.75) is 47.0 Å². The van der Waals surface area contributed by atoms with Gasteiger partial charge in [-0.1, -0.05) is 27.2 Å². The summed E-state index contributed by atoms with van der Waals surface area (Å²) >= 11 is 0. The summed E-state index contributed by atoms with van der Waals surface area (Å²) in [7, 11) is 0. The van der Waals surface area contributed by atoms with Crippen molar-refractivity contribution in [3.05, 3.63) is 0 Å². The van der Waals surface area contributed by atoms with Gasteiger partial charge in [0.05, 0.1) is 5.84 Å². The third kappa shape index (κ3) is 3.22. The van der Waals surface area contributed by atoms with Gasteiger partial charge in [0.2, 0.25) is 0 Å². The number of nitrogens with zero attached hydrogens (tertiary/aromatic N) is 1. The molecule has 1 fully saturated rings. The highest BCUT2D eigenvalue weighted by Gasteiger charge is 2.32. The van der Waals surface area contributed by atoms with Crippen molar-refractivity contribution < 1.29 is 0 Å². The molecule has 0 saturated heterocycles. The van der Waals surface area contributed by atoms with Crippen LogP contribution in [0, 0.1) is 23.7 Å². The van der Waals surface area contributed by atoms with Gasteiger partial charge in [0.1, 0.15) is 0 Å². The molecular formula is C13H26N2. The molecule has 3 atom stereocenters. The average molecular weight is 210 g/mol. The molecule has 15 heavy (non-hydrogen) atoms. The Kier molecular flexibility index (Phi) is 4.62. The van der Waals surface area contributed by atoms with Crippen LogP contribution in [0.25, 0.3) is 0 Å². The fourth-order valence-corrected chi connectivity index (χ4v) is 2.84. The maximum Gasteiger partial charge on any atom is 0.0971 e. The van der Waals surface area contributed by atoms with E-state index < -0.39 is 0 Å². The van der Waals surface area contributed by atoms with Gasteiger partial charge in [-0.2, -0.15) is 0 Å². The number of rotatable bonds is 3. The monoisotopic (exact) mass is 210 g/mol. The molecule has 0 aromatic carbocycles. The lowest BCUT2D eigenvalue weighted by atomic mass is 9.69. The molecule has 0 bridgehead atoms. The van der Waals surface area contributed by atoms with Gasteiger partial charge in [0.15, 0.2) is 0 Å². The summed E-state index contributed by atoms with van der Waals surface area (Å²) in [5, 5.41) is 0. The standard InChI is InChI=1S/C13H26N2/c1-5-15-13(14)12-8-10(4)6-7-11(12)9(2)3/h9-12H,5-8H2,1-4H3,(H2,14,15). The smallest absolute Gasteiger partial charge is 0.0971 e. The first-order chi connectivity index (χ1) is 7.06. The SMILES string of the molecule is CCN=C(N)C1CC(C)CCC1C(C)C. The fraction of sp³-hybridized carbons (Fsp3) is 0.923. The second-order valence-electron chi connectivity index (χ2n) is 5.33. The van der Waals surface area contributed by atoms with Crippen molar-refractivity contribution in [3.8, 4) is 0 Å². The van der Waals surface area contributed by atoms with Crippen LogP contribution in [0.15, 0.2) is 4.99 Å². The van der Waals surface area contributed by atoms with E-state index in [1.165, 1.54) is 19.3 Å². The highest BCUT2D eigenvalue weighted by molar-refractivity contribution is 5.83. The fourth-order valence-electron chi connectivity index (χ4n) is 2.84. The summed E-state index contributed by atoms with van der Waals surface area (Å²) in [6, 6.07) is 0. The Bertz CT molecular complexity index is 221. The quantitative estimate of drug-likeness (QED) is 0.564. The second kappa shape index (κ2) is 5.53. The van der Waals surface area contributed by atoms with Crippen molar-refractivity contribution in [1.29, 1.82) is 0 Å². The molecule has 1 saturated carbocycles. The Labute approximate surface area is 94.3 Å². The maximum absolute atomic E-state index is 6.10. The van der Waals surface area contributed by atoms with Gasteiger partial charge in [-0.25, -0.2) is 0 Å². The summed E-state index contributed by atoms with van der Waals surface area (Å²) in [6.07, 6.45) is 3.92. The molecule has 0 radical (unpaired) electrons. The molecule has 1 aliphatic rings. The Morgan fingerprint density at radius 2 is 2.07 bits per heavy atom. The van der Waals surface area contributed by atoms with Crippen LogP contribution in [0.2, 0.25) is 0 Å². The van der Waals surface area contributed by atoms with Gasteiger partial charge in [0.25, 0.3) is 0 Å². The molecule has 0 aliphatic heterocycles. The van der Waals surface area contributed by atoms with E-state index in [0.717, 1.165) is 30.1 Å². The molecule has 2 heteroatoms. The molecule has 2 N–H and O–H groups in total. The lowest BCUT2D eigenvalue weighted by Crippen LogP contribution is -2.37. The van der Waals surface area contributed by atoms with Crippen LogP contribution in [-0.4, -0.2) is 12.4 Å². The predicted molar refractivity (Wildman–Crippen MR) is 67.0 cm³/mol. The van der Waals surface area contributed by atoms with E-state index in [1.807, 2.05) is 0 Å². The molecule has 1 aliphatic carbocycles. The topological polar surface area (TPSA) is 38.4 Å². The minimum Gasteiger partial charge on any atom is -0.387 e. The first-order valence-electron chi connectivity index (χ1n) is 6.36. The third-order valence-electron chi connectivity index (χ3n) is 3.74. The first-order valence-corrected chi connectivity index (χ1v) is 6.36. The van der Waals surface area contributed by atoms with Gasteiger partial charge in [-0.15, -0.1) is 0 Å². The summed E-state index contributed by atoms with van der Waals surface area (Å²) in [5.74, 6) is 3.73. The van der Waals surface area contributed by atoms with Gasteiger partial charge in [-0.05, 0) is 37.5 Å². The van der Waals surface area contributed by atoms with Gasteiger partial charge in [0, 0.05) is 12.5 Å². The normalized spacial score (nSPS) is 33.4. The van der Waals surface area contributed by atoms with Crippen LogP contribution in [-0.2, 0) is 0 Å². The zero-order valence-corrected chi connectivity index (χ0v) is 10.7. The van der Waals surface area contributed by atoms with Gasteiger partial charge in [-0.3, -0.25) is 4.99 Å². The van der Waals surface area contributed by atoms with Crippen LogP contribution in [0.5, 0.6) is 0 Å². The van der Waals surface area contributed by atoms with Crippen LogP contribution in [0.4, 0.5) is 0 Å². The summed E-state index contributed by atoms with van der Waals surface area (Å²) in [4.78, 5) is 4.41. The third-order valence-corrected chi connectivity index (χ3v) is 3.74. The van der Waals surface area contributed by atoms with Gasteiger partial charge >= 0.3 is 0 Å². The van der Waals surface area contributed by atoms with Crippen LogP contribution < -0.4 is 5.73 Å². The Balaban J connectivity index is 2.74. The van der Waals surface area contributed by atoms with E-state index >= 15 is 0 Å². The van der Waals surface area contributed by atoms with Crippen molar-refractivity contribution in [2.24, 2.45) is 34.4 Å². The van der Waals surface area contributed by atoms with E-state index in [2.05, 4.69) is 32.7 Å². The molecule has 0 aromatic heterocycles. The van der Waals surface area contributed by atoms with E-state index in [1.54, 1.807) is 0 Å². The van der Waals surface area contributed by atoms with E-state index in [0.29, 0.717) is 5.92 Å². The zero-order valence-electron chi connectivity index (χ0n) is 10.7. The summed E-state index contributed by atoms with van der Waals surface area (Å²) in [6.45, 7) is 9.84. The molecule has 0 heterocycles. The van der Waals surface area contributed by atoms with Crippen molar-refractivity contribution in [2.75, 3.05) is 6.54 Å². The molecule has 2 nitrogen and oxygen atoms in total. The molecule has 88 valence electrons. The van der Waals surface area contributed by atoms with Crippen molar-refractivity contribution >= 4 is 5.84 Å². The van der Waals surface area contributed by atoms with Crippen molar-refractivity contribution in [3.63, 3.8) is 0 Å². The Morgan fingerprint density at radius 1 is 1.40 bits per heavy atom. The van der Waals surface area contributed by atoms with Crippen LogP contribution >= 0.6 is 0 Å². The minimum atomic E-state index is 0.536. The van der Waals surface area contributed by atoms with Crippen LogP contribution in [0.1, 0.15) is 47.0 Å². The summed E-state index contributed by atoms with van der Waals surface area (Å²) < 4.78 is 0. The number of hydrogen-bond donors (Lipinski definition) is 1. The minimum absolute atomic E-state index is 0.536. The second-order valence-corrected chi connectivity index (χ2v) is 5.33. The molecule has 1 rings (SSSR count). The van der Waals surface area contributed by atoms with Crippen LogP contribution in [0.3, 0.4) is 0 Å². The lowest BCUT2D eigenvalue weighted by molar-refractivity contribution is 0.190. The zero-order chi connectivity index (χ0) is 11.4. The van der Waals surface area contributed by atoms with E-state index in [4.69, 9.17) is 5.73 Å². The largest absolute Gasteiger partial charge is 0.387 e. The van der Waals surface area contributed by atoms with E-state index in [-0.39, 0.29) is 0 Å². The highest BCUT2D eigenvalue weighted by atomic mass is 14.9. The number of aliphatic imine (C=N–C) groups is 1. The van der Waals surface area contributed by atoms with Gasteiger partial charge < -0.3 is 5.73 Å². The molecule has 0 spiro atoms. The Hall–Kier alpha value is -0.530. The van der Waals surface area contributed by atoms with E-state index in [9.17, 15) is 0 Å². The Morgan fingerprint density at radius 3 is 2.60 bits per heavy atom. The molecule has 0 amide bonds. The molecule has 0 aromatic rings. The molecule has 3 unspecified atom stereocenters.